The average Bonchev–Trinajstić information content (AvgIpc) is 3.06. The first-order valence-corrected chi connectivity index (χ1v) is 8.82. The lowest BCUT2D eigenvalue weighted by Gasteiger charge is -2.21. The lowest BCUT2D eigenvalue weighted by atomic mass is 10.2. The largest absolute Gasteiger partial charge is 0.358 e. The highest BCUT2D eigenvalue weighted by atomic mass is 32.1. The highest BCUT2D eigenvalue weighted by Gasteiger charge is 2.14. The molecule has 2 aromatic heterocycles. The Bertz CT molecular complexity index is 715. The van der Waals surface area contributed by atoms with E-state index in [9.17, 15) is 0 Å². The van der Waals surface area contributed by atoms with E-state index in [1.807, 2.05) is 23.3 Å². The lowest BCUT2D eigenvalue weighted by molar-refractivity contribution is 0.485. The van der Waals surface area contributed by atoms with Crippen molar-refractivity contribution in [1.82, 2.24) is 29.8 Å². The molecule has 0 aliphatic rings. The molecule has 0 saturated carbocycles. The van der Waals surface area contributed by atoms with Crippen molar-refractivity contribution >= 4 is 17.3 Å². The predicted octanol–water partition coefficient (Wildman–Crippen LogP) is 2.55. The molecule has 0 bridgehead atoms. The molecule has 0 saturated heterocycles. The van der Waals surface area contributed by atoms with Gasteiger partial charge >= 0.3 is 0 Å². The number of hydrogen-bond acceptors (Lipinski definition) is 3. The van der Waals surface area contributed by atoms with E-state index in [1.54, 1.807) is 0 Å². The predicted molar refractivity (Wildman–Crippen MR) is 101 cm³/mol. The zero-order valence-corrected chi connectivity index (χ0v) is 16.4. The van der Waals surface area contributed by atoms with Gasteiger partial charge in [-0.3, -0.25) is 9.36 Å². The van der Waals surface area contributed by atoms with E-state index >= 15 is 0 Å². The number of rotatable bonds is 6. The maximum Gasteiger partial charge on any atom is 0.169 e. The second-order valence-corrected chi connectivity index (χ2v) is 6.46. The highest BCUT2D eigenvalue weighted by molar-refractivity contribution is 7.80. The Morgan fingerprint density at radius 3 is 2.42 bits per heavy atom. The SMILES string of the molecule is CCn1cc(CNC(=S)N(C)Cc2c(C)nn(CC)c2C)c(C)n1. The summed E-state index contributed by atoms with van der Waals surface area (Å²) in [7, 11) is 2.01. The van der Waals surface area contributed by atoms with Gasteiger partial charge in [0.1, 0.15) is 0 Å². The fraction of sp³-hybridized carbons (Fsp3) is 0.588. The molecule has 1 N–H and O–H groups in total. The molecule has 0 unspecified atom stereocenters. The molecule has 7 heteroatoms. The Kier molecular flexibility index (Phi) is 5.99. The number of hydrogen-bond donors (Lipinski definition) is 1. The van der Waals surface area contributed by atoms with Crippen LogP contribution in [0.15, 0.2) is 6.20 Å². The molecule has 0 aliphatic heterocycles. The fourth-order valence-corrected chi connectivity index (χ4v) is 2.92. The molecule has 6 nitrogen and oxygen atoms in total. The van der Waals surface area contributed by atoms with Crippen molar-refractivity contribution in [2.24, 2.45) is 0 Å². The molecule has 0 aliphatic carbocycles. The normalized spacial score (nSPS) is 10.9. The van der Waals surface area contributed by atoms with Crippen molar-refractivity contribution < 1.29 is 0 Å². The first-order chi connectivity index (χ1) is 11.4. The van der Waals surface area contributed by atoms with E-state index in [-0.39, 0.29) is 0 Å². The van der Waals surface area contributed by atoms with Crippen LogP contribution >= 0.6 is 12.2 Å². The summed E-state index contributed by atoms with van der Waals surface area (Å²) in [6.07, 6.45) is 2.07. The summed E-state index contributed by atoms with van der Waals surface area (Å²) < 4.78 is 3.99. The van der Waals surface area contributed by atoms with Crippen LogP contribution < -0.4 is 5.32 Å². The van der Waals surface area contributed by atoms with E-state index in [0.717, 1.165) is 36.1 Å². The van der Waals surface area contributed by atoms with Gasteiger partial charge < -0.3 is 10.2 Å². The number of nitrogens with one attached hydrogen (secondary N) is 1. The summed E-state index contributed by atoms with van der Waals surface area (Å²) in [6.45, 7) is 13.6. The van der Waals surface area contributed by atoms with E-state index in [2.05, 4.69) is 54.3 Å². The first-order valence-electron chi connectivity index (χ1n) is 8.42. The van der Waals surface area contributed by atoms with Crippen LogP contribution in [0.25, 0.3) is 0 Å². The van der Waals surface area contributed by atoms with Crippen molar-refractivity contribution in [2.45, 2.75) is 60.8 Å². The van der Waals surface area contributed by atoms with Crippen LogP contribution in [0.4, 0.5) is 0 Å². The van der Waals surface area contributed by atoms with Gasteiger partial charge in [0.05, 0.1) is 11.4 Å². The third kappa shape index (κ3) is 3.95. The Labute approximate surface area is 149 Å². The Balaban J connectivity index is 1.97. The van der Waals surface area contributed by atoms with Crippen LogP contribution in [-0.2, 0) is 26.2 Å². The maximum atomic E-state index is 5.54. The molecule has 0 atom stereocenters. The van der Waals surface area contributed by atoms with Crippen molar-refractivity contribution in [1.29, 1.82) is 0 Å². The minimum Gasteiger partial charge on any atom is -0.358 e. The monoisotopic (exact) mass is 348 g/mol. The van der Waals surface area contributed by atoms with E-state index < -0.39 is 0 Å². The van der Waals surface area contributed by atoms with Crippen LogP contribution in [0, 0.1) is 20.8 Å². The average molecular weight is 349 g/mol. The minimum atomic E-state index is 0.696. The molecule has 0 amide bonds. The van der Waals surface area contributed by atoms with Crippen molar-refractivity contribution in [3.8, 4) is 0 Å². The third-order valence-corrected chi connectivity index (χ3v) is 4.83. The van der Waals surface area contributed by atoms with Crippen LogP contribution in [-0.4, -0.2) is 36.6 Å². The fourth-order valence-electron chi connectivity index (χ4n) is 2.78. The second kappa shape index (κ2) is 7.79. The van der Waals surface area contributed by atoms with Gasteiger partial charge in [-0.25, -0.2) is 0 Å². The zero-order chi connectivity index (χ0) is 17.9. The molecule has 0 radical (unpaired) electrons. The van der Waals surface area contributed by atoms with Gasteiger partial charge in [0.25, 0.3) is 0 Å². The quantitative estimate of drug-likeness (QED) is 0.813. The first kappa shape index (κ1) is 18.4. The topological polar surface area (TPSA) is 50.9 Å². The van der Waals surface area contributed by atoms with E-state index in [4.69, 9.17) is 12.2 Å². The molecular weight excluding hydrogens is 320 g/mol. The van der Waals surface area contributed by atoms with Crippen molar-refractivity contribution in [2.75, 3.05) is 7.05 Å². The van der Waals surface area contributed by atoms with Gasteiger partial charge in [0.15, 0.2) is 5.11 Å². The van der Waals surface area contributed by atoms with Crippen LogP contribution in [0.2, 0.25) is 0 Å². The summed E-state index contributed by atoms with van der Waals surface area (Å²) >= 11 is 5.54. The molecule has 2 heterocycles. The zero-order valence-electron chi connectivity index (χ0n) is 15.6. The van der Waals surface area contributed by atoms with Gasteiger partial charge in [-0.2, -0.15) is 10.2 Å². The molecule has 24 heavy (non-hydrogen) atoms. The highest BCUT2D eigenvalue weighted by Crippen LogP contribution is 2.15. The van der Waals surface area contributed by atoms with Crippen LogP contribution in [0.3, 0.4) is 0 Å². The summed E-state index contributed by atoms with van der Waals surface area (Å²) in [5.41, 5.74) is 5.76. The molecule has 0 spiro atoms. The number of aromatic nitrogens is 4. The van der Waals surface area contributed by atoms with Gasteiger partial charge in [0.2, 0.25) is 0 Å². The molecule has 2 aromatic rings. The Morgan fingerprint density at radius 1 is 1.17 bits per heavy atom. The Morgan fingerprint density at radius 2 is 1.88 bits per heavy atom. The summed E-state index contributed by atoms with van der Waals surface area (Å²) in [6, 6.07) is 0. The van der Waals surface area contributed by atoms with E-state index in [1.165, 1.54) is 16.8 Å². The molecule has 0 aromatic carbocycles. The van der Waals surface area contributed by atoms with E-state index in [0.29, 0.717) is 6.54 Å². The second-order valence-electron chi connectivity index (χ2n) is 6.08. The van der Waals surface area contributed by atoms with Crippen LogP contribution in [0.5, 0.6) is 0 Å². The van der Waals surface area contributed by atoms with Gasteiger partial charge in [0, 0.05) is 56.2 Å². The maximum absolute atomic E-state index is 5.54. The molecule has 132 valence electrons. The number of thiocarbonyl (C=S) groups is 1. The standard InChI is InChI=1S/C17H28N6S/c1-7-22-10-15(12(3)19-22)9-18-17(24)21(6)11-16-13(4)20-23(8-2)14(16)5/h10H,7-9,11H2,1-6H3,(H,18,24). The Hall–Kier alpha value is -1.89. The number of nitrogens with zero attached hydrogens (tertiary/aromatic N) is 5. The molecule has 2 rings (SSSR count). The summed E-state index contributed by atoms with van der Waals surface area (Å²) in [5.74, 6) is 0. The molecule has 0 fully saturated rings. The summed E-state index contributed by atoms with van der Waals surface area (Å²) in [4.78, 5) is 2.06. The van der Waals surface area contributed by atoms with Crippen molar-refractivity contribution in [3.05, 3.63) is 34.4 Å². The lowest BCUT2D eigenvalue weighted by Crippen LogP contribution is -2.36. The van der Waals surface area contributed by atoms with Gasteiger partial charge in [-0.05, 0) is 46.8 Å². The van der Waals surface area contributed by atoms with Crippen molar-refractivity contribution in [3.63, 3.8) is 0 Å². The molecular formula is C17H28N6S. The smallest absolute Gasteiger partial charge is 0.169 e. The minimum absolute atomic E-state index is 0.696. The number of aryl methyl sites for hydroxylation is 4. The van der Waals surface area contributed by atoms with Gasteiger partial charge in [-0.1, -0.05) is 0 Å². The third-order valence-electron chi connectivity index (χ3n) is 4.37. The van der Waals surface area contributed by atoms with Crippen LogP contribution in [0.1, 0.15) is 42.1 Å². The van der Waals surface area contributed by atoms with Gasteiger partial charge in [-0.15, -0.1) is 0 Å². The summed E-state index contributed by atoms with van der Waals surface area (Å²) in [5, 5.41) is 13.1.